The third-order valence-electron chi connectivity index (χ3n) is 2.81. The summed E-state index contributed by atoms with van der Waals surface area (Å²) in [5, 5.41) is 3.46. The average molecular weight is 325 g/mol. The summed E-state index contributed by atoms with van der Waals surface area (Å²) in [5.74, 6) is 1.44. The third-order valence-corrected chi connectivity index (χ3v) is 3.47. The van der Waals surface area contributed by atoms with Crippen molar-refractivity contribution in [1.29, 1.82) is 0 Å². The highest BCUT2D eigenvalue weighted by Crippen LogP contribution is 2.33. The number of hydrogen-bond donors (Lipinski definition) is 1. The molecule has 0 aromatic carbocycles. The van der Waals surface area contributed by atoms with Crippen LogP contribution in [0.25, 0.3) is 0 Å². The van der Waals surface area contributed by atoms with Gasteiger partial charge < -0.3 is 14.5 Å². The lowest BCUT2D eigenvalue weighted by Gasteiger charge is -2.19. The van der Waals surface area contributed by atoms with Gasteiger partial charge in [0, 0.05) is 11.8 Å². The molecule has 1 N–H and O–H groups in total. The normalized spacial score (nSPS) is 12.4. The Balaban J connectivity index is 2.40. The van der Waals surface area contributed by atoms with E-state index < -0.39 is 0 Å². The highest BCUT2D eigenvalue weighted by Gasteiger charge is 2.23. The number of pyridine rings is 1. The SMILES string of the molecule is CCCNC(c1cccnc1OC)c1occc1Br. The van der Waals surface area contributed by atoms with E-state index in [1.165, 1.54) is 0 Å². The van der Waals surface area contributed by atoms with Crippen LogP contribution in [-0.4, -0.2) is 18.6 Å². The molecule has 1 unspecified atom stereocenters. The second-order valence-electron chi connectivity index (χ2n) is 4.12. The van der Waals surface area contributed by atoms with Gasteiger partial charge in [-0.05, 0) is 41.0 Å². The molecule has 2 aromatic rings. The second-order valence-corrected chi connectivity index (χ2v) is 4.98. The Kier molecular flexibility index (Phi) is 4.99. The fourth-order valence-corrected chi connectivity index (χ4v) is 2.37. The summed E-state index contributed by atoms with van der Waals surface area (Å²) < 4.78 is 11.9. The summed E-state index contributed by atoms with van der Waals surface area (Å²) in [5.41, 5.74) is 0.967. The molecule has 0 aliphatic heterocycles. The molecule has 0 fully saturated rings. The van der Waals surface area contributed by atoms with Crippen molar-refractivity contribution >= 4 is 15.9 Å². The second kappa shape index (κ2) is 6.73. The molecule has 0 aliphatic carbocycles. The Hall–Kier alpha value is -1.33. The highest BCUT2D eigenvalue weighted by atomic mass is 79.9. The monoisotopic (exact) mass is 324 g/mol. The van der Waals surface area contributed by atoms with Crippen LogP contribution in [0.1, 0.15) is 30.7 Å². The van der Waals surface area contributed by atoms with Crippen molar-refractivity contribution in [3.8, 4) is 5.88 Å². The number of ether oxygens (including phenoxy) is 1. The van der Waals surface area contributed by atoms with Crippen molar-refractivity contribution in [1.82, 2.24) is 10.3 Å². The number of furan rings is 1. The molecule has 0 saturated carbocycles. The molecular weight excluding hydrogens is 308 g/mol. The van der Waals surface area contributed by atoms with E-state index in [-0.39, 0.29) is 6.04 Å². The number of hydrogen-bond acceptors (Lipinski definition) is 4. The smallest absolute Gasteiger partial charge is 0.218 e. The van der Waals surface area contributed by atoms with E-state index in [0.29, 0.717) is 5.88 Å². The molecular formula is C14H17BrN2O2. The van der Waals surface area contributed by atoms with Crippen LogP contribution in [0, 0.1) is 0 Å². The largest absolute Gasteiger partial charge is 0.481 e. The predicted octanol–water partition coefficient (Wildman–Crippen LogP) is 3.53. The van der Waals surface area contributed by atoms with E-state index in [9.17, 15) is 0 Å². The molecule has 0 saturated heterocycles. The summed E-state index contributed by atoms with van der Waals surface area (Å²) in [6.07, 6.45) is 4.43. The van der Waals surface area contributed by atoms with Gasteiger partial charge in [0.15, 0.2) is 0 Å². The zero-order chi connectivity index (χ0) is 13.7. The zero-order valence-corrected chi connectivity index (χ0v) is 12.6. The molecule has 2 heterocycles. The highest BCUT2D eigenvalue weighted by molar-refractivity contribution is 9.10. The summed E-state index contributed by atoms with van der Waals surface area (Å²) in [7, 11) is 1.62. The van der Waals surface area contributed by atoms with Crippen molar-refractivity contribution in [2.24, 2.45) is 0 Å². The predicted molar refractivity (Wildman–Crippen MR) is 77.3 cm³/mol. The molecule has 5 heteroatoms. The van der Waals surface area contributed by atoms with Crippen LogP contribution < -0.4 is 10.1 Å². The lowest BCUT2D eigenvalue weighted by Crippen LogP contribution is -2.23. The molecule has 2 aromatic heterocycles. The van der Waals surface area contributed by atoms with Gasteiger partial charge in [-0.3, -0.25) is 0 Å². The first kappa shape index (κ1) is 14.1. The van der Waals surface area contributed by atoms with Crippen LogP contribution in [0.2, 0.25) is 0 Å². The van der Waals surface area contributed by atoms with Gasteiger partial charge in [-0.25, -0.2) is 4.98 Å². The number of methoxy groups -OCH3 is 1. The lowest BCUT2D eigenvalue weighted by atomic mass is 10.1. The van der Waals surface area contributed by atoms with E-state index >= 15 is 0 Å². The zero-order valence-electron chi connectivity index (χ0n) is 11.0. The van der Waals surface area contributed by atoms with Gasteiger partial charge in [0.25, 0.3) is 0 Å². The first-order valence-corrected chi connectivity index (χ1v) is 7.02. The number of halogens is 1. The van der Waals surface area contributed by atoms with Crippen LogP contribution in [0.3, 0.4) is 0 Å². The summed E-state index contributed by atoms with van der Waals surface area (Å²) in [6.45, 7) is 3.01. The topological polar surface area (TPSA) is 47.3 Å². The summed E-state index contributed by atoms with van der Waals surface area (Å²) in [4.78, 5) is 4.25. The van der Waals surface area contributed by atoms with Crippen LogP contribution >= 0.6 is 15.9 Å². The first-order chi connectivity index (χ1) is 9.27. The van der Waals surface area contributed by atoms with Gasteiger partial charge in [0.05, 0.1) is 23.9 Å². The van der Waals surface area contributed by atoms with E-state index in [2.05, 4.69) is 33.2 Å². The number of nitrogens with one attached hydrogen (secondary N) is 1. The molecule has 1 atom stereocenters. The Morgan fingerprint density at radius 2 is 2.32 bits per heavy atom. The maximum absolute atomic E-state index is 5.58. The molecule has 0 radical (unpaired) electrons. The van der Waals surface area contributed by atoms with Gasteiger partial charge in [-0.2, -0.15) is 0 Å². The molecule has 102 valence electrons. The van der Waals surface area contributed by atoms with E-state index in [1.807, 2.05) is 18.2 Å². The maximum atomic E-state index is 5.58. The Labute approximate surface area is 121 Å². The van der Waals surface area contributed by atoms with Crippen molar-refractivity contribution in [2.45, 2.75) is 19.4 Å². The molecule has 0 bridgehead atoms. The van der Waals surface area contributed by atoms with Crippen LogP contribution in [0.15, 0.2) is 39.5 Å². The minimum absolute atomic E-state index is 0.0759. The Bertz CT molecular complexity index is 528. The molecule has 2 rings (SSSR count). The lowest BCUT2D eigenvalue weighted by molar-refractivity contribution is 0.377. The minimum atomic E-state index is -0.0759. The van der Waals surface area contributed by atoms with Gasteiger partial charge in [0.2, 0.25) is 5.88 Å². The fraction of sp³-hybridized carbons (Fsp3) is 0.357. The Morgan fingerprint density at radius 1 is 1.47 bits per heavy atom. The van der Waals surface area contributed by atoms with Crippen molar-refractivity contribution in [3.05, 3.63) is 46.5 Å². The van der Waals surface area contributed by atoms with Crippen molar-refractivity contribution < 1.29 is 9.15 Å². The fourth-order valence-electron chi connectivity index (χ4n) is 1.94. The van der Waals surface area contributed by atoms with Crippen LogP contribution in [-0.2, 0) is 0 Å². The summed E-state index contributed by atoms with van der Waals surface area (Å²) in [6, 6.07) is 5.70. The molecule has 0 aliphatic rings. The molecule has 19 heavy (non-hydrogen) atoms. The number of aromatic nitrogens is 1. The maximum Gasteiger partial charge on any atom is 0.218 e. The Morgan fingerprint density at radius 3 is 2.95 bits per heavy atom. The van der Waals surface area contributed by atoms with Crippen LogP contribution in [0.4, 0.5) is 0 Å². The standard InChI is InChI=1S/C14H17BrN2O2/c1-3-7-16-12(13-11(15)6-9-19-13)10-5-4-8-17-14(10)18-2/h4-6,8-9,12,16H,3,7H2,1-2H3. The van der Waals surface area contributed by atoms with Crippen molar-refractivity contribution in [3.63, 3.8) is 0 Å². The molecule has 0 amide bonds. The first-order valence-electron chi connectivity index (χ1n) is 6.23. The van der Waals surface area contributed by atoms with Gasteiger partial charge >= 0.3 is 0 Å². The van der Waals surface area contributed by atoms with Gasteiger partial charge in [0.1, 0.15) is 5.76 Å². The minimum Gasteiger partial charge on any atom is -0.481 e. The number of nitrogens with zero attached hydrogens (tertiary/aromatic N) is 1. The molecule has 4 nitrogen and oxygen atoms in total. The van der Waals surface area contributed by atoms with Crippen LogP contribution in [0.5, 0.6) is 5.88 Å². The van der Waals surface area contributed by atoms with Crippen molar-refractivity contribution in [2.75, 3.05) is 13.7 Å². The van der Waals surface area contributed by atoms with Gasteiger partial charge in [-0.1, -0.05) is 13.0 Å². The molecule has 0 spiro atoms. The average Bonchev–Trinajstić information content (AvgIpc) is 2.86. The third kappa shape index (κ3) is 3.16. The quantitative estimate of drug-likeness (QED) is 0.882. The number of rotatable bonds is 6. The van der Waals surface area contributed by atoms with E-state index in [0.717, 1.165) is 28.8 Å². The van der Waals surface area contributed by atoms with E-state index in [1.54, 1.807) is 19.6 Å². The summed E-state index contributed by atoms with van der Waals surface area (Å²) >= 11 is 3.51. The van der Waals surface area contributed by atoms with E-state index in [4.69, 9.17) is 9.15 Å². The van der Waals surface area contributed by atoms with Gasteiger partial charge in [-0.15, -0.1) is 0 Å².